The molecular weight excluding hydrogens is 580 g/mol. The van der Waals surface area contributed by atoms with Crippen molar-refractivity contribution >= 4 is 38.2 Å². The fourth-order valence-corrected chi connectivity index (χ4v) is 5.25. The fourth-order valence-electron chi connectivity index (χ4n) is 4.17. The lowest BCUT2D eigenvalue weighted by Gasteiger charge is -2.11. The number of nitrogens with zero attached hydrogens (tertiary/aromatic N) is 3. The number of alkyl halides is 1. The lowest BCUT2D eigenvalue weighted by Crippen LogP contribution is -2.17. The number of aromatic nitrogens is 4. The van der Waals surface area contributed by atoms with Gasteiger partial charge in [0, 0.05) is 17.0 Å². The molecule has 218 valence electrons. The molecule has 0 amide bonds. The molecule has 5 rings (SSSR count). The highest BCUT2D eigenvalue weighted by Gasteiger charge is 2.22. The molecule has 0 aliphatic rings. The van der Waals surface area contributed by atoms with E-state index in [0.717, 1.165) is 18.2 Å². The predicted molar refractivity (Wildman–Crippen MR) is 147 cm³/mol. The first-order valence-electron chi connectivity index (χ1n) is 12.3. The van der Waals surface area contributed by atoms with Crippen LogP contribution >= 0.6 is 0 Å². The first-order valence-corrected chi connectivity index (χ1v) is 14.0. The van der Waals surface area contributed by atoms with E-state index in [0.29, 0.717) is 11.3 Å². The highest BCUT2D eigenvalue weighted by atomic mass is 32.2. The number of ether oxygens (including phenoxy) is 1. The Morgan fingerprint density at radius 3 is 2.52 bits per heavy atom. The van der Waals surface area contributed by atoms with Crippen molar-refractivity contribution in [2.45, 2.75) is 13.3 Å². The molecule has 10 nitrogen and oxygen atoms in total. The van der Waals surface area contributed by atoms with Gasteiger partial charge in [-0.2, -0.15) is 5.10 Å². The summed E-state index contributed by atoms with van der Waals surface area (Å²) in [5, 5.41) is 4.46. The first-order chi connectivity index (χ1) is 20.0. The maximum Gasteiger partial charge on any atom is 0.232 e. The number of pyridine rings is 1. The summed E-state index contributed by atoms with van der Waals surface area (Å²) in [5.41, 5.74) is 7.04. The van der Waals surface area contributed by atoms with E-state index in [1.54, 1.807) is 6.92 Å². The van der Waals surface area contributed by atoms with Crippen LogP contribution in [0.4, 0.5) is 29.1 Å². The number of aromatic amines is 1. The van der Waals surface area contributed by atoms with Crippen LogP contribution in [-0.4, -0.2) is 46.4 Å². The number of sulfonamides is 1. The molecule has 15 heteroatoms. The molecule has 2 aromatic carbocycles. The van der Waals surface area contributed by atoms with Crippen molar-refractivity contribution < 1.29 is 35.5 Å². The summed E-state index contributed by atoms with van der Waals surface area (Å²) >= 11 is 0. The van der Waals surface area contributed by atoms with Gasteiger partial charge in [-0.05, 0) is 49.2 Å². The van der Waals surface area contributed by atoms with Crippen LogP contribution in [0.3, 0.4) is 0 Å². The molecular formula is C27H22F4N6O4S. The molecule has 3 heterocycles. The number of ketones is 1. The Hall–Kier alpha value is -4.92. The number of nitrogens with one attached hydrogen (secondary N) is 2. The van der Waals surface area contributed by atoms with Gasteiger partial charge in [-0.25, -0.2) is 31.3 Å². The third kappa shape index (κ3) is 5.63. The highest BCUT2D eigenvalue weighted by Crippen LogP contribution is 2.30. The van der Waals surface area contributed by atoms with Gasteiger partial charge in [0.05, 0.1) is 47.5 Å². The lowest BCUT2D eigenvalue weighted by molar-refractivity contribution is 0.103. The summed E-state index contributed by atoms with van der Waals surface area (Å²) in [6, 6.07) is 8.32. The third-order valence-corrected chi connectivity index (χ3v) is 7.59. The zero-order valence-electron chi connectivity index (χ0n) is 21.8. The number of para-hydroxylation sites is 1. The average molecular weight is 603 g/mol. The predicted octanol–water partition coefficient (Wildman–Crippen LogP) is 5.18. The minimum atomic E-state index is -3.98. The number of rotatable bonds is 10. The van der Waals surface area contributed by atoms with Gasteiger partial charge in [-0.1, -0.05) is 6.07 Å². The Balaban J connectivity index is 1.40. The van der Waals surface area contributed by atoms with Gasteiger partial charge in [0.25, 0.3) is 0 Å². The van der Waals surface area contributed by atoms with E-state index >= 15 is 0 Å². The molecule has 42 heavy (non-hydrogen) atoms. The van der Waals surface area contributed by atoms with Crippen molar-refractivity contribution in [1.29, 1.82) is 0 Å². The second-order valence-corrected chi connectivity index (χ2v) is 11.1. The number of nitrogen functional groups attached to an aromatic ring is 1. The third-order valence-electron chi connectivity index (χ3n) is 6.23. The molecule has 0 bridgehead atoms. The van der Waals surface area contributed by atoms with Crippen molar-refractivity contribution in [3.8, 4) is 17.3 Å². The second kappa shape index (κ2) is 11.2. The van der Waals surface area contributed by atoms with Gasteiger partial charge in [0.1, 0.15) is 11.6 Å². The number of hydrogen-bond donors (Lipinski definition) is 3. The van der Waals surface area contributed by atoms with E-state index in [9.17, 15) is 30.8 Å². The van der Waals surface area contributed by atoms with E-state index in [2.05, 4.69) is 19.8 Å². The van der Waals surface area contributed by atoms with Crippen LogP contribution in [0, 0.1) is 24.4 Å². The maximum atomic E-state index is 14.6. The molecule has 0 aliphatic heterocycles. The van der Waals surface area contributed by atoms with E-state index in [1.165, 1.54) is 41.3 Å². The number of benzene rings is 2. The fraction of sp³-hybridized carbons (Fsp3) is 0.148. The molecule has 0 fully saturated rings. The number of aryl methyl sites for hydroxylation is 1. The summed E-state index contributed by atoms with van der Waals surface area (Å²) in [6.45, 7) is 0.816. The van der Waals surface area contributed by atoms with E-state index in [1.807, 2.05) is 0 Å². The van der Waals surface area contributed by atoms with E-state index in [-0.39, 0.29) is 46.0 Å². The molecule has 0 spiro atoms. The summed E-state index contributed by atoms with van der Waals surface area (Å²) in [4.78, 5) is 20.2. The summed E-state index contributed by atoms with van der Waals surface area (Å²) in [6.07, 6.45) is 2.30. The Morgan fingerprint density at radius 1 is 1.10 bits per heavy atom. The number of carbonyl (C=O) groups excluding carboxylic acids is 1. The van der Waals surface area contributed by atoms with Crippen molar-refractivity contribution in [3.63, 3.8) is 0 Å². The Bertz CT molecular complexity index is 1920. The minimum Gasteiger partial charge on any atom is -0.433 e. The number of carbonyl (C=O) groups is 1. The first kappa shape index (κ1) is 28.6. The quantitative estimate of drug-likeness (QED) is 0.148. The van der Waals surface area contributed by atoms with Gasteiger partial charge in [0.15, 0.2) is 11.6 Å². The number of hydrogen-bond acceptors (Lipinski definition) is 7. The molecule has 0 unspecified atom stereocenters. The van der Waals surface area contributed by atoms with Crippen LogP contribution in [0.1, 0.15) is 28.0 Å². The van der Waals surface area contributed by atoms with Crippen LogP contribution in [0.2, 0.25) is 0 Å². The molecule has 0 saturated carbocycles. The number of nitrogens with two attached hydrogens (primary N) is 1. The Labute approximate surface area is 236 Å². The Morgan fingerprint density at radius 2 is 1.83 bits per heavy atom. The number of halogens is 4. The Kier molecular flexibility index (Phi) is 7.60. The highest BCUT2D eigenvalue weighted by molar-refractivity contribution is 7.92. The van der Waals surface area contributed by atoms with Gasteiger partial charge >= 0.3 is 0 Å². The van der Waals surface area contributed by atoms with Gasteiger partial charge in [0.2, 0.25) is 27.4 Å². The SMILES string of the molecule is Cc1cc(Oc2c(F)cccc2F)ncc1-n1ncc(C(=O)c2cc3cc(F)c(NS(=O)(=O)CCCF)cc3[nH]2)c1N. The standard InChI is InChI=1S/C27H22F4N6O4S/c1-14-8-24(41-26-17(29)4-2-5-18(26)30)33-13-23(14)37-27(32)16(12-34-37)25(38)22-10-15-9-19(31)21(11-20(15)35-22)36-42(39,40)7-3-6-28/h2,4-5,8-13,35-36H,3,6-7,32H2,1H3. The second-order valence-electron chi connectivity index (χ2n) is 9.21. The zero-order valence-corrected chi connectivity index (χ0v) is 22.6. The minimum absolute atomic E-state index is 0.00216. The molecule has 0 saturated heterocycles. The topological polar surface area (TPSA) is 145 Å². The normalized spacial score (nSPS) is 11.6. The van der Waals surface area contributed by atoms with Crippen LogP contribution in [0.5, 0.6) is 11.6 Å². The van der Waals surface area contributed by atoms with Crippen molar-refractivity contribution in [3.05, 3.63) is 89.1 Å². The van der Waals surface area contributed by atoms with Crippen molar-refractivity contribution in [2.75, 3.05) is 22.9 Å². The van der Waals surface area contributed by atoms with Crippen LogP contribution in [-0.2, 0) is 10.0 Å². The molecule has 3 aromatic heterocycles. The molecule has 0 aliphatic carbocycles. The number of anilines is 2. The van der Waals surface area contributed by atoms with Crippen LogP contribution < -0.4 is 15.2 Å². The summed E-state index contributed by atoms with van der Waals surface area (Å²) in [5.74, 6) is -4.53. The van der Waals surface area contributed by atoms with Crippen molar-refractivity contribution in [1.82, 2.24) is 19.7 Å². The van der Waals surface area contributed by atoms with Gasteiger partial charge < -0.3 is 15.5 Å². The number of fused-ring (bicyclic) bond motifs is 1. The summed E-state index contributed by atoms with van der Waals surface area (Å²) < 4.78 is 87.6. The lowest BCUT2D eigenvalue weighted by atomic mass is 10.1. The molecule has 0 radical (unpaired) electrons. The van der Waals surface area contributed by atoms with Gasteiger partial charge in [-0.3, -0.25) is 13.9 Å². The zero-order chi connectivity index (χ0) is 30.2. The molecule has 5 aromatic rings. The molecule has 4 N–H and O–H groups in total. The van der Waals surface area contributed by atoms with Crippen LogP contribution in [0.25, 0.3) is 16.6 Å². The largest absolute Gasteiger partial charge is 0.433 e. The van der Waals surface area contributed by atoms with E-state index < -0.39 is 51.4 Å². The van der Waals surface area contributed by atoms with Crippen LogP contribution in [0.15, 0.2) is 54.9 Å². The summed E-state index contributed by atoms with van der Waals surface area (Å²) in [7, 11) is -3.98. The number of H-pyrrole nitrogens is 1. The van der Waals surface area contributed by atoms with Gasteiger partial charge in [-0.15, -0.1) is 0 Å². The monoisotopic (exact) mass is 602 g/mol. The van der Waals surface area contributed by atoms with E-state index in [4.69, 9.17) is 10.5 Å². The molecule has 0 atom stereocenters. The smallest absolute Gasteiger partial charge is 0.232 e. The average Bonchev–Trinajstić information content (AvgIpc) is 3.52. The maximum absolute atomic E-state index is 14.6. The van der Waals surface area contributed by atoms with Crippen molar-refractivity contribution in [2.24, 2.45) is 0 Å².